The molecular formula is C7H12NO4S-. The van der Waals surface area contributed by atoms with Crippen LogP contribution in [0.25, 0.3) is 0 Å². The zero-order chi connectivity index (χ0) is 10.5. The Bertz CT molecular complexity index is 231. The van der Waals surface area contributed by atoms with E-state index in [9.17, 15) is 13.6 Å². The van der Waals surface area contributed by atoms with Crippen molar-refractivity contribution >= 4 is 17.1 Å². The van der Waals surface area contributed by atoms with Gasteiger partial charge in [-0.15, -0.1) is 0 Å². The molecule has 0 radical (unpaired) electrons. The minimum Gasteiger partial charge on any atom is -0.750 e. The van der Waals surface area contributed by atoms with Crippen LogP contribution in [0, 0.1) is 5.41 Å². The fraction of sp³-hybridized carbons (Fsp3) is 0.571. The van der Waals surface area contributed by atoms with Gasteiger partial charge in [-0.25, -0.2) is 4.21 Å². The van der Waals surface area contributed by atoms with E-state index in [1.807, 2.05) is 0 Å². The Labute approximate surface area is 79.4 Å². The van der Waals surface area contributed by atoms with Gasteiger partial charge in [0.25, 0.3) is 0 Å². The Morgan fingerprint density at radius 2 is 2.38 bits per heavy atom. The van der Waals surface area contributed by atoms with Crippen molar-refractivity contribution in [3.05, 3.63) is 12.7 Å². The molecule has 0 saturated carbocycles. The van der Waals surface area contributed by atoms with Crippen LogP contribution in [-0.2, 0) is 20.3 Å². The first kappa shape index (κ1) is 12.4. The Balaban J connectivity index is 4.36. The Morgan fingerprint density at radius 1 is 1.85 bits per heavy atom. The molecule has 0 spiro atoms. The van der Waals surface area contributed by atoms with Crippen molar-refractivity contribution in [3.63, 3.8) is 0 Å². The molecule has 0 bridgehead atoms. The minimum absolute atomic E-state index is 0.00898. The SMILES string of the molecule is C=CC(=O)C(C)(CN)COS(=O)[O-]. The largest absolute Gasteiger partial charge is 0.750 e. The number of carbonyl (C=O) groups excluding carboxylic acids is 1. The second-order valence-corrected chi connectivity index (χ2v) is 3.44. The van der Waals surface area contributed by atoms with E-state index < -0.39 is 16.8 Å². The lowest BCUT2D eigenvalue weighted by Gasteiger charge is -2.24. The highest BCUT2D eigenvalue weighted by Gasteiger charge is 2.30. The molecule has 0 aromatic carbocycles. The van der Waals surface area contributed by atoms with Crippen molar-refractivity contribution in [1.82, 2.24) is 0 Å². The van der Waals surface area contributed by atoms with Crippen molar-refractivity contribution < 1.29 is 17.7 Å². The number of allylic oxidation sites excluding steroid dienone is 1. The minimum atomic E-state index is -2.62. The van der Waals surface area contributed by atoms with Gasteiger partial charge in [0.15, 0.2) is 5.78 Å². The second kappa shape index (κ2) is 5.23. The summed E-state index contributed by atoms with van der Waals surface area (Å²) < 4.78 is 24.4. The van der Waals surface area contributed by atoms with Crippen LogP contribution in [0.4, 0.5) is 0 Å². The summed E-state index contributed by atoms with van der Waals surface area (Å²) in [6.07, 6.45) is 1.10. The van der Waals surface area contributed by atoms with Gasteiger partial charge < -0.3 is 10.3 Å². The Hall–Kier alpha value is -0.560. The summed E-state index contributed by atoms with van der Waals surface area (Å²) in [7, 11) is 0. The summed E-state index contributed by atoms with van der Waals surface area (Å²) in [5, 5.41) is 0. The third kappa shape index (κ3) is 3.77. The number of rotatable bonds is 6. The molecule has 5 nitrogen and oxygen atoms in total. The van der Waals surface area contributed by atoms with E-state index >= 15 is 0 Å². The molecule has 0 aromatic rings. The molecule has 0 aliphatic carbocycles. The average Bonchev–Trinajstić information content (AvgIpc) is 2.12. The van der Waals surface area contributed by atoms with E-state index in [0.717, 1.165) is 6.08 Å². The Kier molecular flexibility index (Phi) is 5.01. The van der Waals surface area contributed by atoms with Gasteiger partial charge in [-0.3, -0.25) is 8.98 Å². The highest BCUT2D eigenvalue weighted by atomic mass is 32.2. The van der Waals surface area contributed by atoms with E-state index in [-0.39, 0.29) is 18.9 Å². The quantitative estimate of drug-likeness (QED) is 0.468. The van der Waals surface area contributed by atoms with Gasteiger partial charge in [-0.2, -0.15) is 0 Å². The van der Waals surface area contributed by atoms with Crippen molar-refractivity contribution in [1.29, 1.82) is 0 Å². The fourth-order valence-electron chi connectivity index (χ4n) is 0.655. The van der Waals surface area contributed by atoms with Crippen molar-refractivity contribution in [2.45, 2.75) is 6.92 Å². The second-order valence-electron chi connectivity index (χ2n) is 2.80. The molecule has 0 heterocycles. The van der Waals surface area contributed by atoms with E-state index in [0.29, 0.717) is 0 Å². The van der Waals surface area contributed by atoms with Crippen LogP contribution in [0.15, 0.2) is 12.7 Å². The maximum absolute atomic E-state index is 11.2. The molecule has 6 heteroatoms. The van der Waals surface area contributed by atoms with E-state index in [2.05, 4.69) is 10.8 Å². The summed E-state index contributed by atoms with van der Waals surface area (Å²) in [5.74, 6) is -0.333. The van der Waals surface area contributed by atoms with E-state index in [1.54, 1.807) is 0 Å². The smallest absolute Gasteiger partial charge is 0.164 e. The molecular weight excluding hydrogens is 194 g/mol. The summed E-state index contributed by atoms with van der Waals surface area (Å²) in [6, 6.07) is 0. The molecule has 2 atom stereocenters. The highest BCUT2D eigenvalue weighted by molar-refractivity contribution is 7.74. The van der Waals surface area contributed by atoms with Gasteiger partial charge in [0.05, 0.1) is 23.4 Å². The maximum atomic E-state index is 11.2. The van der Waals surface area contributed by atoms with E-state index in [4.69, 9.17) is 5.73 Å². The zero-order valence-electron chi connectivity index (χ0n) is 7.32. The monoisotopic (exact) mass is 206 g/mol. The summed E-state index contributed by atoms with van der Waals surface area (Å²) >= 11 is -2.62. The molecule has 2 N–H and O–H groups in total. The Morgan fingerprint density at radius 3 is 2.69 bits per heavy atom. The van der Waals surface area contributed by atoms with Crippen LogP contribution >= 0.6 is 0 Å². The van der Waals surface area contributed by atoms with Gasteiger partial charge >= 0.3 is 0 Å². The third-order valence-electron chi connectivity index (χ3n) is 1.70. The number of nitrogens with two attached hydrogens (primary N) is 1. The first-order valence-electron chi connectivity index (χ1n) is 3.56. The molecule has 76 valence electrons. The number of hydrogen-bond acceptors (Lipinski definition) is 5. The van der Waals surface area contributed by atoms with Crippen LogP contribution in [-0.4, -0.2) is 27.7 Å². The van der Waals surface area contributed by atoms with Crippen LogP contribution in [0.5, 0.6) is 0 Å². The topological polar surface area (TPSA) is 92.5 Å². The van der Waals surface area contributed by atoms with Gasteiger partial charge in [0.2, 0.25) is 0 Å². The van der Waals surface area contributed by atoms with Gasteiger partial charge in [-0.1, -0.05) is 6.58 Å². The molecule has 0 fully saturated rings. The van der Waals surface area contributed by atoms with Crippen molar-refractivity contribution in [2.75, 3.05) is 13.2 Å². The van der Waals surface area contributed by atoms with Crippen LogP contribution in [0.2, 0.25) is 0 Å². The molecule has 0 rings (SSSR count). The predicted molar refractivity (Wildman–Crippen MR) is 47.2 cm³/mol. The highest BCUT2D eigenvalue weighted by Crippen LogP contribution is 2.17. The third-order valence-corrected chi connectivity index (χ3v) is 2.01. The molecule has 2 unspecified atom stereocenters. The normalized spacial score (nSPS) is 17.5. The van der Waals surface area contributed by atoms with Gasteiger partial charge in [0.1, 0.15) is 0 Å². The molecule has 13 heavy (non-hydrogen) atoms. The predicted octanol–water partition coefficient (Wildman–Crippen LogP) is -0.483. The number of hydrogen-bond donors (Lipinski definition) is 1. The molecule has 0 amide bonds. The molecule has 0 aliphatic rings. The maximum Gasteiger partial charge on any atom is 0.164 e. The molecule has 0 aliphatic heterocycles. The first-order valence-corrected chi connectivity index (χ1v) is 4.56. The number of carbonyl (C=O) groups is 1. The number of ketones is 1. The zero-order valence-corrected chi connectivity index (χ0v) is 8.13. The molecule has 0 saturated heterocycles. The lowest BCUT2D eigenvalue weighted by molar-refractivity contribution is -0.123. The average molecular weight is 206 g/mol. The summed E-state index contributed by atoms with van der Waals surface area (Å²) in [5.41, 5.74) is 4.31. The first-order chi connectivity index (χ1) is 5.96. The molecule has 0 aromatic heterocycles. The lowest BCUT2D eigenvalue weighted by Crippen LogP contribution is -2.39. The lowest BCUT2D eigenvalue weighted by atomic mass is 9.87. The van der Waals surface area contributed by atoms with Crippen molar-refractivity contribution in [3.8, 4) is 0 Å². The summed E-state index contributed by atoms with van der Waals surface area (Å²) in [4.78, 5) is 11.2. The fourth-order valence-corrected chi connectivity index (χ4v) is 1.01. The van der Waals surface area contributed by atoms with E-state index in [1.165, 1.54) is 6.92 Å². The van der Waals surface area contributed by atoms with Crippen LogP contribution in [0.1, 0.15) is 6.92 Å². The van der Waals surface area contributed by atoms with Crippen LogP contribution in [0.3, 0.4) is 0 Å². The van der Waals surface area contributed by atoms with Gasteiger partial charge in [-0.05, 0) is 13.0 Å². The van der Waals surface area contributed by atoms with Crippen molar-refractivity contribution in [2.24, 2.45) is 11.1 Å². The standard InChI is InChI=1S/C7H13NO4S/c1-3-6(9)7(2,4-8)5-12-13(10)11/h3H,1,4-5,8H2,2H3,(H,10,11)/p-1. The van der Waals surface area contributed by atoms with Gasteiger partial charge in [0, 0.05) is 6.54 Å². The van der Waals surface area contributed by atoms with Crippen LogP contribution < -0.4 is 5.73 Å². The summed E-state index contributed by atoms with van der Waals surface area (Å²) in [6.45, 7) is 4.55.